The minimum atomic E-state index is 0.486. The molecule has 0 amide bonds. The van der Waals surface area contributed by atoms with Gasteiger partial charge in [-0.25, -0.2) is 0 Å². The Kier molecular flexibility index (Phi) is 5.23. The average Bonchev–Trinajstić information content (AvgIpc) is 2.90. The van der Waals surface area contributed by atoms with Crippen LogP contribution >= 0.6 is 0 Å². The lowest BCUT2D eigenvalue weighted by Crippen LogP contribution is -2.45. The first-order valence-corrected chi connectivity index (χ1v) is 6.87. The molecule has 2 heterocycles. The minimum absolute atomic E-state index is 0.486. The van der Waals surface area contributed by atoms with Gasteiger partial charge in [-0.15, -0.1) is 0 Å². The van der Waals surface area contributed by atoms with Crippen LogP contribution in [0.25, 0.3) is 0 Å². The lowest BCUT2D eigenvalue weighted by atomic mass is 10.1. The molecule has 0 spiro atoms. The topological polar surface area (TPSA) is 37.6 Å². The van der Waals surface area contributed by atoms with Gasteiger partial charge in [-0.05, 0) is 32.0 Å². The number of morpholine rings is 1. The normalized spacial score (nSPS) is 22.3. The fraction of sp³-hybridized carbons (Fsp3) is 0.714. The fourth-order valence-electron chi connectivity index (χ4n) is 2.51. The second-order valence-corrected chi connectivity index (χ2v) is 4.95. The summed E-state index contributed by atoms with van der Waals surface area (Å²) in [6.45, 7) is 9.06. The van der Waals surface area contributed by atoms with Crippen molar-refractivity contribution in [3.05, 3.63) is 24.2 Å². The zero-order valence-corrected chi connectivity index (χ0v) is 11.4. The van der Waals surface area contributed by atoms with Crippen molar-refractivity contribution in [2.45, 2.75) is 38.9 Å². The maximum atomic E-state index is 5.50. The Hall–Kier alpha value is -0.840. The van der Waals surface area contributed by atoms with E-state index in [1.165, 1.54) is 0 Å². The Morgan fingerprint density at radius 3 is 3.06 bits per heavy atom. The Labute approximate surface area is 109 Å². The molecule has 0 radical (unpaired) electrons. The van der Waals surface area contributed by atoms with Crippen LogP contribution < -0.4 is 5.32 Å². The van der Waals surface area contributed by atoms with Gasteiger partial charge >= 0.3 is 0 Å². The van der Waals surface area contributed by atoms with Crippen LogP contribution in [-0.4, -0.2) is 43.3 Å². The van der Waals surface area contributed by atoms with E-state index in [4.69, 9.17) is 9.15 Å². The molecule has 4 heteroatoms. The molecule has 1 aromatic rings. The monoisotopic (exact) mass is 252 g/mol. The first kappa shape index (κ1) is 13.6. The quantitative estimate of drug-likeness (QED) is 0.838. The van der Waals surface area contributed by atoms with Gasteiger partial charge in [-0.3, -0.25) is 4.90 Å². The van der Waals surface area contributed by atoms with Crippen molar-refractivity contribution in [1.29, 1.82) is 0 Å². The standard InChI is InChI=1S/C14H24N2O2/c1-3-16(10-14-5-4-7-18-14)12(2)9-13-11-17-8-6-15-13/h4-5,7,12-13,15H,3,6,8-11H2,1-2H3. The maximum Gasteiger partial charge on any atom is 0.117 e. The van der Waals surface area contributed by atoms with Crippen molar-refractivity contribution in [2.24, 2.45) is 0 Å². The highest BCUT2D eigenvalue weighted by Gasteiger charge is 2.20. The van der Waals surface area contributed by atoms with Crippen LogP contribution in [0.5, 0.6) is 0 Å². The highest BCUT2D eigenvalue weighted by Crippen LogP contribution is 2.13. The Balaban J connectivity index is 1.82. The number of ether oxygens (including phenoxy) is 1. The summed E-state index contributed by atoms with van der Waals surface area (Å²) in [5.74, 6) is 1.04. The molecular formula is C14H24N2O2. The minimum Gasteiger partial charge on any atom is -0.468 e. The number of nitrogens with zero attached hydrogens (tertiary/aromatic N) is 1. The van der Waals surface area contributed by atoms with Crippen LogP contribution in [0.4, 0.5) is 0 Å². The fourth-order valence-corrected chi connectivity index (χ4v) is 2.51. The molecule has 2 rings (SSSR count). The summed E-state index contributed by atoms with van der Waals surface area (Å²) in [7, 11) is 0. The molecule has 4 nitrogen and oxygen atoms in total. The van der Waals surface area contributed by atoms with Gasteiger partial charge in [0.15, 0.2) is 0 Å². The van der Waals surface area contributed by atoms with Crippen LogP contribution in [0.1, 0.15) is 26.0 Å². The summed E-state index contributed by atoms with van der Waals surface area (Å²) < 4.78 is 10.9. The molecule has 0 saturated carbocycles. The van der Waals surface area contributed by atoms with E-state index in [9.17, 15) is 0 Å². The third kappa shape index (κ3) is 3.83. The van der Waals surface area contributed by atoms with E-state index >= 15 is 0 Å². The number of nitrogens with one attached hydrogen (secondary N) is 1. The molecule has 1 aliphatic heterocycles. The number of furan rings is 1. The van der Waals surface area contributed by atoms with E-state index in [2.05, 4.69) is 24.1 Å². The number of rotatable bonds is 6. The predicted octanol–water partition coefficient (Wildman–Crippen LogP) is 1.87. The largest absolute Gasteiger partial charge is 0.468 e. The summed E-state index contributed by atoms with van der Waals surface area (Å²) in [6.07, 6.45) is 2.86. The van der Waals surface area contributed by atoms with E-state index in [-0.39, 0.29) is 0 Å². The summed E-state index contributed by atoms with van der Waals surface area (Å²) in [4.78, 5) is 2.44. The molecule has 0 aromatic carbocycles. The van der Waals surface area contributed by atoms with Crippen LogP contribution in [0.15, 0.2) is 22.8 Å². The van der Waals surface area contributed by atoms with Crippen LogP contribution in [0, 0.1) is 0 Å². The van der Waals surface area contributed by atoms with Crippen molar-refractivity contribution >= 4 is 0 Å². The van der Waals surface area contributed by atoms with Crippen molar-refractivity contribution < 1.29 is 9.15 Å². The highest BCUT2D eigenvalue weighted by atomic mass is 16.5. The first-order valence-electron chi connectivity index (χ1n) is 6.87. The van der Waals surface area contributed by atoms with Crippen LogP contribution in [0.3, 0.4) is 0 Å². The first-order chi connectivity index (χ1) is 8.79. The molecular weight excluding hydrogens is 228 g/mol. The van der Waals surface area contributed by atoms with Gasteiger partial charge in [0.25, 0.3) is 0 Å². The van der Waals surface area contributed by atoms with Crippen molar-refractivity contribution in [1.82, 2.24) is 10.2 Å². The van der Waals surface area contributed by atoms with Gasteiger partial charge in [-0.1, -0.05) is 6.92 Å². The van der Waals surface area contributed by atoms with E-state index < -0.39 is 0 Å². The maximum absolute atomic E-state index is 5.50. The lowest BCUT2D eigenvalue weighted by Gasteiger charge is -2.32. The third-order valence-corrected chi connectivity index (χ3v) is 3.59. The molecule has 102 valence electrons. The lowest BCUT2D eigenvalue weighted by molar-refractivity contribution is 0.0607. The summed E-state index contributed by atoms with van der Waals surface area (Å²) >= 11 is 0. The molecule has 2 atom stereocenters. The van der Waals surface area contributed by atoms with Gasteiger partial charge in [0, 0.05) is 18.6 Å². The highest BCUT2D eigenvalue weighted by molar-refractivity contribution is 4.98. The zero-order valence-electron chi connectivity index (χ0n) is 11.4. The third-order valence-electron chi connectivity index (χ3n) is 3.59. The molecule has 1 N–H and O–H groups in total. The molecule has 1 fully saturated rings. The van der Waals surface area contributed by atoms with E-state index in [1.54, 1.807) is 6.26 Å². The van der Waals surface area contributed by atoms with Crippen LogP contribution in [0.2, 0.25) is 0 Å². The van der Waals surface area contributed by atoms with Crippen LogP contribution in [-0.2, 0) is 11.3 Å². The van der Waals surface area contributed by atoms with Gasteiger partial charge < -0.3 is 14.5 Å². The molecule has 1 aromatic heterocycles. The van der Waals surface area contributed by atoms with Crippen molar-refractivity contribution in [3.63, 3.8) is 0 Å². The Morgan fingerprint density at radius 1 is 1.56 bits per heavy atom. The zero-order chi connectivity index (χ0) is 12.8. The van der Waals surface area contributed by atoms with Crippen molar-refractivity contribution in [2.75, 3.05) is 26.3 Å². The second kappa shape index (κ2) is 6.92. The molecule has 2 unspecified atom stereocenters. The molecule has 18 heavy (non-hydrogen) atoms. The second-order valence-electron chi connectivity index (χ2n) is 4.95. The summed E-state index contributed by atoms with van der Waals surface area (Å²) in [6, 6.07) is 5.00. The summed E-state index contributed by atoms with van der Waals surface area (Å²) in [5.41, 5.74) is 0. The molecule has 1 aliphatic rings. The summed E-state index contributed by atoms with van der Waals surface area (Å²) in [5, 5.41) is 3.51. The van der Waals surface area contributed by atoms with E-state index in [1.807, 2.05) is 12.1 Å². The smallest absolute Gasteiger partial charge is 0.117 e. The number of hydrogen-bond donors (Lipinski definition) is 1. The Morgan fingerprint density at radius 2 is 2.44 bits per heavy atom. The Bertz CT molecular complexity index is 321. The van der Waals surface area contributed by atoms with Gasteiger partial charge in [0.1, 0.15) is 5.76 Å². The molecule has 1 saturated heterocycles. The average molecular weight is 252 g/mol. The molecule has 0 bridgehead atoms. The SMILES string of the molecule is CCN(Cc1ccco1)C(C)CC1COCCN1. The van der Waals surface area contributed by atoms with Crippen molar-refractivity contribution in [3.8, 4) is 0 Å². The predicted molar refractivity (Wildman–Crippen MR) is 71.5 cm³/mol. The van der Waals surface area contributed by atoms with Gasteiger partial charge in [-0.2, -0.15) is 0 Å². The number of hydrogen-bond acceptors (Lipinski definition) is 4. The molecule has 0 aliphatic carbocycles. The van der Waals surface area contributed by atoms with E-state index in [0.717, 1.165) is 45.0 Å². The van der Waals surface area contributed by atoms with Gasteiger partial charge in [0.05, 0.1) is 26.0 Å². The van der Waals surface area contributed by atoms with Gasteiger partial charge in [0.2, 0.25) is 0 Å². The van der Waals surface area contributed by atoms with E-state index in [0.29, 0.717) is 12.1 Å².